The van der Waals surface area contributed by atoms with Crippen molar-refractivity contribution in [1.82, 2.24) is 35.6 Å². The van der Waals surface area contributed by atoms with Gasteiger partial charge < -0.3 is 21.4 Å². The highest BCUT2D eigenvalue weighted by Crippen LogP contribution is 2.32. The van der Waals surface area contributed by atoms with E-state index in [2.05, 4.69) is 25.9 Å². The van der Waals surface area contributed by atoms with Gasteiger partial charge in [-0.3, -0.25) is 19.3 Å². The summed E-state index contributed by atoms with van der Waals surface area (Å²) in [7, 11) is 0. The highest BCUT2D eigenvalue weighted by Gasteiger charge is 2.24. The number of aromatic nitrogens is 4. The Bertz CT molecular complexity index is 893. The smallest absolute Gasteiger partial charge is 0.273 e. The van der Waals surface area contributed by atoms with Gasteiger partial charge in [-0.15, -0.1) is 5.10 Å². The first-order valence-corrected chi connectivity index (χ1v) is 10.4. The van der Waals surface area contributed by atoms with Crippen molar-refractivity contribution < 1.29 is 9.59 Å². The second-order valence-electron chi connectivity index (χ2n) is 7.64. The monoisotopic (exact) mass is 427 g/mol. The van der Waals surface area contributed by atoms with Crippen molar-refractivity contribution in [1.29, 1.82) is 0 Å². The number of aryl methyl sites for hydroxylation is 1. The standard InChI is InChI=1S/C20H29N9O2/c21-18(25-19(30)10-15-5-6-15)14-28(22)8-1-2-9-29-13-17(26-27-29)20(31)24-12-16-4-3-7-23-11-16/h3-4,7,11,13-15H,1-2,5-6,8-10,12,21-22H2,(H,24,31)(H,25,30)/b18-14+. The van der Waals surface area contributed by atoms with Gasteiger partial charge in [0, 0.05) is 38.4 Å². The zero-order valence-corrected chi connectivity index (χ0v) is 17.4. The average molecular weight is 428 g/mol. The van der Waals surface area contributed by atoms with Crippen LogP contribution in [0, 0.1) is 5.92 Å². The minimum atomic E-state index is -0.285. The van der Waals surface area contributed by atoms with Crippen molar-refractivity contribution in [2.75, 3.05) is 6.54 Å². The molecule has 2 aromatic heterocycles. The third-order valence-corrected chi connectivity index (χ3v) is 4.76. The number of unbranched alkanes of at least 4 members (excludes halogenated alkanes) is 1. The first-order valence-electron chi connectivity index (χ1n) is 10.4. The summed E-state index contributed by atoms with van der Waals surface area (Å²) in [6.07, 6.45) is 10.8. The van der Waals surface area contributed by atoms with E-state index in [0.29, 0.717) is 32.0 Å². The molecule has 0 unspecified atom stereocenters. The molecule has 2 aromatic rings. The number of rotatable bonds is 12. The molecule has 11 nitrogen and oxygen atoms in total. The zero-order valence-electron chi connectivity index (χ0n) is 17.4. The van der Waals surface area contributed by atoms with Gasteiger partial charge in [0.25, 0.3) is 5.91 Å². The van der Waals surface area contributed by atoms with Crippen LogP contribution < -0.4 is 22.2 Å². The molecule has 2 amide bonds. The Kier molecular flexibility index (Phi) is 7.93. The topological polar surface area (TPSA) is 157 Å². The molecule has 3 rings (SSSR count). The molecule has 0 radical (unpaired) electrons. The van der Waals surface area contributed by atoms with Crippen LogP contribution in [0.4, 0.5) is 0 Å². The molecule has 166 valence electrons. The van der Waals surface area contributed by atoms with Gasteiger partial charge in [0.2, 0.25) is 5.91 Å². The summed E-state index contributed by atoms with van der Waals surface area (Å²) in [6, 6.07) is 3.70. The van der Waals surface area contributed by atoms with Gasteiger partial charge in [-0.1, -0.05) is 11.3 Å². The first-order chi connectivity index (χ1) is 15.0. The third-order valence-electron chi connectivity index (χ3n) is 4.76. The van der Waals surface area contributed by atoms with Crippen molar-refractivity contribution in [2.45, 2.75) is 45.2 Å². The maximum absolute atomic E-state index is 12.2. The van der Waals surface area contributed by atoms with Crippen LogP contribution in [0.25, 0.3) is 0 Å². The van der Waals surface area contributed by atoms with Crippen LogP contribution in [0.2, 0.25) is 0 Å². The summed E-state index contributed by atoms with van der Waals surface area (Å²) < 4.78 is 1.63. The number of hydrazine groups is 1. The SMILES string of the molecule is N/C(=C\N(N)CCCCn1cc(C(=O)NCc2cccnc2)nn1)NC(=O)CC1CC1. The van der Waals surface area contributed by atoms with Crippen molar-refractivity contribution in [3.8, 4) is 0 Å². The zero-order chi connectivity index (χ0) is 22.1. The Morgan fingerprint density at radius 3 is 2.90 bits per heavy atom. The molecule has 11 heteroatoms. The molecular formula is C20H29N9O2. The summed E-state index contributed by atoms with van der Waals surface area (Å²) in [5.74, 6) is 6.29. The van der Waals surface area contributed by atoms with E-state index in [0.717, 1.165) is 31.2 Å². The Morgan fingerprint density at radius 1 is 1.32 bits per heavy atom. The van der Waals surface area contributed by atoms with E-state index < -0.39 is 0 Å². The minimum Gasteiger partial charge on any atom is -0.384 e. The molecule has 6 N–H and O–H groups in total. The summed E-state index contributed by atoms with van der Waals surface area (Å²) in [4.78, 5) is 27.9. The number of carbonyl (C=O) groups excluding carboxylic acids is 2. The molecule has 1 aliphatic rings. The molecule has 31 heavy (non-hydrogen) atoms. The van der Waals surface area contributed by atoms with Gasteiger partial charge in [0.05, 0.1) is 12.4 Å². The van der Waals surface area contributed by atoms with Crippen molar-refractivity contribution in [3.63, 3.8) is 0 Å². The number of nitrogens with two attached hydrogens (primary N) is 2. The fraction of sp³-hybridized carbons (Fsp3) is 0.450. The van der Waals surface area contributed by atoms with Crippen LogP contribution in [0.3, 0.4) is 0 Å². The van der Waals surface area contributed by atoms with E-state index in [1.165, 1.54) is 11.2 Å². The Morgan fingerprint density at radius 2 is 2.16 bits per heavy atom. The summed E-state index contributed by atoms with van der Waals surface area (Å²) in [5.41, 5.74) is 6.98. The molecule has 0 atom stereocenters. The number of nitrogens with one attached hydrogen (secondary N) is 2. The Hall–Kier alpha value is -3.47. The molecule has 1 aliphatic carbocycles. The summed E-state index contributed by atoms with van der Waals surface area (Å²) >= 11 is 0. The third kappa shape index (κ3) is 8.05. The van der Waals surface area contributed by atoms with Crippen LogP contribution in [0.15, 0.2) is 42.7 Å². The van der Waals surface area contributed by atoms with Gasteiger partial charge in [-0.05, 0) is 43.2 Å². The van der Waals surface area contributed by atoms with Crippen LogP contribution in [0.5, 0.6) is 0 Å². The lowest BCUT2D eigenvalue weighted by Crippen LogP contribution is -2.33. The van der Waals surface area contributed by atoms with Crippen LogP contribution in [-0.4, -0.2) is 43.3 Å². The van der Waals surface area contributed by atoms with Gasteiger partial charge in [-0.2, -0.15) is 0 Å². The van der Waals surface area contributed by atoms with Gasteiger partial charge in [0.1, 0.15) is 5.82 Å². The predicted octanol–water partition coefficient (Wildman–Crippen LogP) is 0.233. The second kappa shape index (κ2) is 11.1. The molecule has 0 bridgehead atoms. The lowest BCUT2D eigenvalue weighted by Gasteiger charge is -2.15. The Labute approximate surface area is 180 Å². The molecule has 0 spiro atoms. The van der Waals surface area contributed by atoms with Crippen LogP contribution >= 0.6 is 0 Å². The number of amides is 2. The average Bonchev–Trinajstić information content (AvgIpc) is 3.43. The number of carbonyl (C=O) groups is 2. The van der Waals surface area contributed by atoms with E-state index >= 15 is 0 Å². The molecular weight excluding hydrogens is 398 g/mol. The lowest BCUT2D eigenvalue weighted by atomic mass is 10.3. The molecule has 1 fully saturated rings. The molecule has 0 aromatic carbocycles. The fourth-order valence-corrected chi connectivity index (χ4v) is 2.93. The summed E-state index contributed by atoms with van der Waals surface area (Å²) in [6.45, 7) is 1.55. The lowest BCUT2D eigenvalue weighted by molar-refractivity contribution is -0.120. The van der Waals surface area contributed by atoms with Crippen molar-refractivity contribution in [3.05, 3.63) is 54.0 Å². The number of hydrogen-bond acceptors (Lipinski definition) is 8. The van der Waals surface area contributed by atoms with Crippen molar-refractivity contribution >= 4 is 11.8 Å². The number of hydrogen-bond donors (Lipinski definition) is 4. The highest BCUT2D eigenvalue weighted by atomic mass is 16.2. The predicted molar refractivity (Wildman–Crippen MR) is 113 cm³/mol. The van der Waals surface area contributed by atoms with Gasteiger partial charge in [-0.25, -0.2) is 5.84 Å². The molecule has 0 aliphatic heterocycles. The van der Waals surface area contributed by atoms with E-state index in [-0.39, 0.29) is 23.3 Å². The maximum atomic E-state index is 12.2. The van der Waals surface area contributed by atoms with E-state index in [9.17, 15) is 9.59 Å². The fourth-order valence-electron chi connectivity index (χ4n) is 2.93. The molecule has 2 heterocycles. The summed E-state index contributed by atoms with van der Waals surface area (Å²) in [5, 5.41) is 14.8. The number of nitrogens with zero attached hydrogens (tertiary/aromatic N) is 5. The van der Waals surface area contributed by atoms with Crippen LogP contribution in [0.1, 0.15) is 48.2 Å². The quantitative estimate of drug-likeness (QED) is 0.213. The molecule has 1 saturated carbocycles. The van der Waals surface area contributed by atoms with E-state index in [1.807, 2.05) is 12.1 Å². The van der Waals surface area contributed by atoms with Crippen LogP contribution in [-0.2, 0) is 17.9 Å². The number of pyridine rings is 1. The van der Waals surface area contributed by atoms with E-state index in [1.54, 1.807) is 23.3 Å². The van der Waals surface area contributed by atoms with Crippen molar-refractivity contribution in [2.24, 2.45) is 17.5 Å². The highest BCUT2D eigenvalue weighted by molar-refractivity contribution is 5.91. The molecule has 0 saturated heterocycles. The van der Waals surface area contributed by atoms with Gasteiger partial charge in [0.15, 0.2) is 5.69 Å². The van der Waals surface area contributed by atoms with E-state index in [4.69, 9.17) is 11.6 Å². The first kappa shape index (κ1) is 22.2. The normalized spacial score (nSPS) is 13.6. The minimum absolute atomic E-state index is 0.0730. The second-order valence-corrected chi connectivity index (χ2v) is 7.64. The van der Waals surface area contributed by atoms with Gasteiger partial charge >= 0.3 is 0 Å². The Balaban J connectivity index is 1.32. The largest absolute Gasteiger partial charge is 0.384 e. The maximum Gasteiger partial charge on any atom is 0.273 e.